The summed E-state index contributed by atoms with van der Waals surface area (Å²) in [6, 6.07) is 0. The van der Waals surface area contributed by atoms with Crippen LogP contribution < -0.4 is 11.1 Å². The minimum absolute atomic E-state index is 0. The van der Waals surface area contributed by atoms with E-state index in [9.17, 15) is 0 Å². The van der Waals surface area contributed by atoms with Crippen molar-refractivity contribution in [2.75, 3.05) is 52.9 Å². The maximum Gasteiger partial charge on any atom is 0.188 e. The molecule has 0 spiro atoms. The summed E-state index contributed by atoms with van der Waals surface area (Å²) in [4.78, 5) is 9.36. The van der Waals surface area contributed by atoms with Gasteiger partial charge in [-0.2, -0.15) is 0 Å². The lowest BCUT2D eigenvalue weighted by Gasteiger charge is -2.33. The Kier molecular flexibility index (Phi) is 11.4. The summed E-state index contributed by atoms with van der Waals surface area (Å²) in [5, 5.41) is 3.19. The van der Waals surface area contributed by atoms with Crippen molar-refractivity contribution >= 4 is 29.9 Å². The Morgan fingerprint density at radius 1 is 1.19 bits per heavy atom. The molecule has 0 radical (unpaired) electrons. The van der Waals surface area contributed by atoms with E-state index in [0.29, 0.717) is 17.8 Å². The molecule has 1 heterocycles. The van der Waals surface area contributed by atoms with Crippen molar-refractivity contribution in [3.8, 4) is 0 Å². The fraction of sp³-hybridized carbons (Fsp3) is 0.933. The van der Waals surface area contributed by atoms with Crippen LogP contribution in [0, 0.1) is 11.8 Å². The molecule has 0 amide bonds. The van der Waals surface area contributed by atoms with E-state index >= 15 is 0 Å². The van der Waals surface area contributed by atoms with Crippen molar-refractivity contribution in [2.45, 2.75) is 27.2 Å². The predicted molar refractivity (Wildman–Crippen MR) is 102 cm³/mol. The van der Waals surface area contributed by atoms with E-state index in [2.05, 4.69) is 47.9 Å². The van der Waals surface area contributed by atoms with Gasteiger partial charge in [0.05, 0.1) is 0 Å². The monoisotopic (exact) mass is 411 g/mol. The largest absolute Gasteiger partial charge is 0.370 e. The Morgan fingerprint density at radius 2 is 1.81 bits per heavy atom. The number of nitrogens with one attached hydrogen (secondary N) is 1. The van der Waals surface area contributed by atoms with Crippen molar-refractivity contribution in [3.05, 3.63) is 0 Å². The SMILES string of the molecule is CC(C)CCNC(N)=NCC(C)CN1CCN(C)CC1.I. The Labute approximate surface area is 147 Å². The maximum absolute atomic E-state index is 5.88. The number of hydrogen-bond donors (Lipinski definition) is 2. The lowest BCUT2D eigenvalue weighted by atomic mass is 10.1. The third-order valence-electron chi connectivity index (χ3n) is 3.77. The molecule has 0 aromatic heterocycles. The third-order valence-corrected chi connectivity index (χ3v) is 3.77. The van der Waals surface area contributed by atoms with E-state index in [1.807, 2.05) is 0 Å². The second-order valence-electron chi connectivity index (χ2n) is 6.54. The van der Waals surface area contributed by atoms with Crippen LogP contribution in [-0.4, -0.2) is 68.6 Å². The van der Waals surface area contributed by atoms with Gasteiger partial charge in [0, 0.05) is 45.8 Å². The number of hydrogen-bond acceptors (Lipinski definition) is 3. The van der Waals surface area contributed by atoms with E-state index in [4.69, 9.17) is 5.73 Å². The molecule has 1 rings (SSSR count). The Bertz CT molecular complexity index is 288. The average Bonchev–Trinajstić information content (AvgIpc) is 2.39. The van der Waals surface area contributed by atoms with Crippen LogP contribution in [0.4, 0.5) is 0 Å². The highest BCUT2D eigenvalue weighted by Gasteiger charge is 2.15. The summed E-state index contributed by atoms with van der Waals surface area (Å²) in [6.45, 7) is 14.2. The van der Waals surface area contributed by atoms with Gasteiger partial charge < -0.3 is 20.9 Å². The standard InChI is InChI=1S/C15H33N5.HI/c1-13(2)5-6-17-15(16)18-11-14(3)12-20-9-7-19(4)8-10-20;/h13-14H,5-12H2,1-4H3,(H3,16,17,18);1H. The van der Waals surface area contributed by atoms with Crippen molar-refractivity contribution in [2.24, 2.45) is 22.6 Å². The number of nitrogens with zero attached hydrogens (tertiary/aromatic N) is 3. The fourth-order valence-electron chi connectivity index (χ4n) is 2.33. The highest BCUT2D eigenvalue weighted by atomic mass is 127. The van der Waals surface area contributed by atoms with Gasteiger partial charge in [-0.15, -0.1) is 24.0 Å². The summed E-state index contributed by atoms with van der Waals surface area (Å²) in [7, 11) is 2.19. The third kappa shape index (κ3) is 10.3. The highest BCUT2D eigenvalue weighted by Crippen LogP contribution is 2.04. The van der Waals surface area contributed by atoms with Gasteiger partial charge in [-0.25, -0.2) is 0 Å². The minimum Gasteiger partial charge on any atom is -0.370 e. The molecule has 3 N–H and O–H groups in total. The molecule has 0 saturated carbocycles. The molecule has 0 aliphatic carbocycles. The zero-order valence-electron chi connectivity index (χ0n) is 14.1. The van der Waals surface area contributed by atoms with Crippen molar-refractivity contribution < 1.29 is 0 Å². The van der Waals surface area contributed by atoms with Crippen LogP contribution in [0.5, 0.6) is 0 Å². The van der Waals surface area contributed by atoms with Crippen LogP contribution in [0.25, 0.3) is 0 Å². The number of piperazine rings is 1. The van der Waals surface area contributed by atoms with Gasteiger partial charge in [0.1, 0.15) is 0 Å². The molecule has 0 bridgehead atoms. The van der Waals surface area contributed by atoms with Gasteiger partial charge in [-0.1, -0.05) is 20.8 Å². The molecule has 1 unspecified atom stereocenters. The first kappa shape index (κ1) is 20.9. The quantitative estimate of drug-likeness (QED) is 0.378. The number of guanidine groups is 1. The van der Waals surface area contributed by atoms with Gasteiger partial charge in [0.25, 0.3) is 0 Å². The zero-order valence-corrected chi connectivity index (χ0v) is 16.5. The molecule has 1 aliphatic rings. The topological polar surface area (TPSA) is 56.9 Å². The second kappa shape index (κ2) is 11.5. The van der Waals surface area contributed by atoms with Crippen LogP contribution in [0.3, 0.4) is 0 Å². The van der Waals surface area contributed by atoms with Crippen molar-refractivity contribution in [3.63, 3.8) is 0 Å². The molecule has 0 aromatic rings. The lowest BCUT2D eigenvalue weighted by Crippen LogP contribution is -2.46. The molecule has 6 heteroatoms. The molecule has 126 valence electrons. The van der Waals surface area contributed by atoms with E-state index in [1.165, 1.54) is 26.2 Å². The first-order valence-corrected chi connectivity index (χ1v) is 7.92. The highest BCUT2D eigenvalue weighted by molar-refractivity contribution is 14.0. The summed E-state index contributed by atoms with van der Waals surface area (Å²) < 4.78 is 0. The molecule has 0 aromatic carbocycles. The summed E-state index contributed by atoms with van der Waals surface area (Å²) in [5.41, 5.74) is 5.88. The Morgan fingerprint density at radius 3 is 2.38 bits per heavy atom. The molecular weight excluding hydrogens is 377 g/mol. The number of likely N-dealkylation sites (N-methyl/N-ethyl adjacent to an activating group) is 1. The van der Waals surface area contributed by atoms with Gasteiger partial charge in [0.15, 0.2) is 5.96 Å². The lowest BCUT2D eigenvalue weighted by molar-refractivity contribution is 0.140. The van der Waals surface area contributed by atoms with Crippen LogP contribution >= 0.6 is 24.0 Å². The van der Waals surface area contributed by atoms with Crippen LogP contribution in [0.2, 0.25) is 0 Å². The summed E-state index contributed by atoms with van der Waals surface area (Å²) >= 11 is 0. The Hall–Kier alpha value is -0.0800. The first-order valence-electron chi connectivity index (χ1n) is 7.92. The fourth-order valence-corrected chi connectivity index (χ4v) is 2.33. The molecule has 21 heavy (non-hydrogen) atoms. The van der Waals surface area contributed by atoms with Crippen LogP contribution in [0.15, 0.2) is 4.99 Å². The molecule has 1 saturated heterocycles. The first-order chi connectivity index (χ1) is 9.47. The van der Waals surface area contributed by atoms with E-state index in [-0.39, 0.29) is 24.0 Å². The van der Waals surface area contributed by atoms with Gasteiger partial charge in [0.2, 0.25) is 0 Å². The molecular formula is C15H34IN5. The van der Waals surface area contributed by atoms with E-state index in [1.54, 1.807) is 0 Å². The second-order valence-corrected chi connectivity index (χ2v) is 6.54. The molecule has 1 atom stereocenters. The maximum atomic E-state index is 5.88. The van der Waals surface area contributed by atoms with E-state index < -0.39 is 0 Å². The average molecular weight is 411 g/mol. The number of nitrogens with two attached hydrogens (primary N) is 1. The van der Waals surface area contributed by atoms with Crippen molar-refractivity contribution in [1.82, 2.24) is 15.1 Å². The minimum atomic E-state index is 0. The number of aliphatic imine (C=N–C) groups is 1. The molecule has 1 aliphatic heterocycles. The molecule has 5 nitrogen and oxygen atoms in total. The summed E-state index contributed by atoms with van der Waals surface area (Å²) in [5.74, 6) is 1.85. The van der Waals surface area contributed by atoms with Gasteiger partial charge >= 0.3 is 0 Å². The van der Waals surface area contributed by atoms with Crippen LogP contribution in [-0.2, 0) is 0 Å². The predicted octanol–water partition coefficient (Wildman–Crippen LogP) is 1.44. The normalized spacial score (nSPS) is 19.4. The van der Waals surface area contributed by atoms with Crippen molar-refractivity contribution in [1.29, 1.82) is 0 Å². The smallest absolute Gasteiger partial charge is 0.188 e. The van der Waals surface area contributed by atoms with Crippen LogP contribution in [0.1, 0.15) is 27.2 Å². The number of halogens is 1. The van der Waals surface area contributed by atoms with E-state index in [0.717, 1.165) is 26.1 Å². The Balaban J connectivity index is 0.00000400. The summed E-state index contributed by atoms with van der Waals surface area (Å²) in [6.07, 6.45) is 1.13. The number of rotatable bonds is 7. The van der Waals surface area contributed by atoms with Gasteiger partial charge in [-0.3, -0.25) is 4.99 Å². The molecule has 1 fully saturated rings. The zero-order chi connectivity index (χ0) is 15.0. The van der Waals surface area contributed by atoms with Gasteiger partial charge in [-0.05, 0) is 25.3 Å².